The summed E-state index contributed by atoms with van der Waals surface area (Å²) in [4.78, 5) is 8.83. The van der Waals surface area contributed by atoms with Crippen LogP contribution in [0.4, 0.5) is 5.69 Å². The Morgan fingerprint density at radius 2 is 1.68 bits per heavy atom. The quantitative estimate of drug-likeness (QED) is 0.819. The molecule has 22 heavy (non-hydrogen) atoms. The second-order valence-corrected chi connectivity index (χ2v) is 5.33. The highest BCUT2D eigenvalue weighted by Gasteiger charge is 2.22. The molecule has 0 amide bonds. The van der Waals surface area contributed by atoms with Crippen molar-refractivity contribution in [2.45, 2.75) is 5.25 Å². The van der Waals surface area contributed by atoms with E-state index in [9.17, 15) is 0 Å². The largest absolute Gasteiger partial charge is 0.495 e. The lowest BCUT2D eigenvalue weighted by Gasteiger charge is -2.18. The van der Waals surface area contributed by atoms with E-state index in [0.717, 1.165) is 5.56 Å². The van der Waals surface area contributed by atoms with Crippen LogP contribution in [-0.2, 0) is 0 Å². The predicted molar refractivity (Wildman–Crippen MR) is 87.9 cm³/mol. The van der Waals surface area contributed by atoms with Crippen LogP contribution in [0.25, 0.3) is 0 Å². The Labute approximate surface area is 134 Å². The molecule has 0 saturated carbocycles. The van der Waals surface area contributed by atoms with E-state index in [4.69, 9.17) is 19.9 Å². The topological polar surface area (TPSA) is 79.5 Å². The van der Waals surface area contributed by atoms with Crippen LogP contribution in [0.2, 0.25) is 0 Å². The van der Waals surface area contributed by atoms with Gasteiger partial charge in [-0.25, -0.2) is 0 Å². The number of para-hydroxylation sites is 1. The second-order valence-electron chi connectivity index (χ2n) is 4.39. The fourth-order valence-electron chi connectivity index (χ4n) is 2.09. The molecule has 1 heterocycles. The molecule has 2 aromatic rings. The van der Waals surface area contributed by atoms with Crippen molar-refractivity contribution in [3.63, 3.8) is 0 Å². The molecule has 118 valence electrons. The van der Waals surface area contributed by atoms with Crippen LogP contribution in [0.5, 0.6) is 17.5 Å². The minimum atomic E-state index is -0.154. The van der Waals surface area contributed by atoms with Crippen molar-refractivity contribution in [3.05, 3.63) is 35.7 Å². The minimum Gasteiger partial charge on any atom is -0.495 e. The Kier molecular flexibility index (Phi) is 5.32. The van der Waals surface area contributed by atoms with E-state index in [1.54, 1.807) is 39.2 Å². The lowest BCUT2D eigenvalue weighted by molar-refractivity contribution is 0.368. The van der Waals surface area contributed by atoms with Crippen molar-refractivity contribution in [3.8, 4) is 17.5 Å². The molecule has 7 heteroatoms. The minimum absolute atomic E-state index is 0.154. The maximum absolute atomic E-state index is 6.19. The number of nitrogens with two attached hydrogens (primary N) is 1. The third-order valence-electron chi connectivity index (χ3n) is 3.19. The number of thioether (sulfide) groups is 1. The molecule has 0 fully saturated rings. The molecule has 1 atom stereocenters. The number of aromatic nitrogens is 2. The number of nitrogens with zero attached hydrogens (tertiary/aromatic N) is 2. The zero-order valence-corrected chi connectivity index (χ0v) is 13.8. The summed E-state index contributed by atoms with van der Waals surface area (Å²) in [5.41, 5.74) is 7.66. The van der Waals surface area contributed by atoms with Gasteiger partial charge in [0.2, 0.25) is 11.8 Å². The highest BCUT2D eigenvalue weighted by Crippen LogP contribution is 2.39. The molecule has 1 unspecified atom stereocenters. The van der Waals surface area contributed by atoms with Crippen molar-refractivity contribution in [2.24, 2.45) is 0 Å². The SMILES string of the molecule is COc1cc(OC)nc(C(SC)c2cccc(OC)c2N)n1. The monoisotopic (exact) mass is 321 g/mol. The van der Waals surface area contributed by atoms with Gasteiger partial charge in [-0.05, 0) is 17.9 Å². The molecule has 0 radical (unpaired) electrons. The highest BCUT2D eigenvalue weighted by atomic mass is 32.2. The van der Waals surface area contributed by atoms with Crippen molar-refractivity contribution in [1.82, 2.24) is 9.97 Å². The average Bonchev–Trinajstić information content (AvgIpc) is 2.56. The molecule has 1 aromatic carbocycles. The number of benzene rings is 1. The average molecular weight is 321 g/mol. The van der Waals surface area contributed by atoms with E-state index in [2.05, 4.69) is 9.97 Å². The van der Waals surface area contributed by atoms with Crippen LogP contribution in [0.1, 0.15) is 16.6 Å². The summed E-state index contributed by atoms with van der Waals surface area (Å²) in [5.74, 6) is 2.10. The number of methoxy groups -OCH3 is 3. The summed E-state index contributed by atoms with van der Waals surface area (Å²) in [6, 6.07) is 7.29. The summed E-state index contributed by atoms with van der Waals surface area (Å²) in [6.07, 6.45) is 1.97. The van der Waals surface area contributed by atoms with Crippen molar-refractivity contribution >= 4 is 17.4 Å². The third-order valence-corrected chi connectivity index (χ3v) is 4.12. The molecule has 2 N–H and O–H groups in total. The first-order chi connectivity index (χ1) is 10.6. The maximum Gasteiger partial charge on any atom is 0.220 e. The molecular weight excluding hydrogens is 302 g/mol. The second kappa shape index (κ2) is 7.22. The Morgan fingerprint density at radius 1 is 1.05 bits per heavy atom. The summed E-state index contributed by atoms with van der Waals surface area (Å²) in [5, 5.41) is -0.154. The third kappa shape index (κ3) is 3.19. The van der Waals surface area contributed by atoms with E-state index >= 15 is 0 Å². The number of anilines is 1. The molecule has 0 aliphatic carbocycles. The Bertz CT molecular complexity index is 630. The molecule has 0 bridgehead atoms. The molecule has 0 aliphatic rings. The van der Waals surface area contributed by atoms with Gasteiger partial charge in [-0.1, -0.05) is 12.1 Å². The Hall–Kier alpha value is -2.15. The van der Waals surface area contributed by atoms with Gasteiger partial charge in [0, 0.05) is 0 Å². The van der Waals surface area contributed by atoms with Gasteiger partial charge < -0.3 is 19.9 Å². The first-order valence-corrected chi connectivity index (χ1v) is 7.85. The molecule has 0 aliphatic heterocycles. The first kappa shape index (κ1) is 16.2. The fourth-order valence-corrected chi connectivity index (χ4v) is 2.86. The standard InChI is InChI=1S/C15H19N3O3S/c1-19-10-7-5-6-9(13(10)16)14(22-4)15-17-11(20-2)8-12(18-15)21-3/h5-8,14H,16H2,1-4H3. The molecular formula is C15H19N3O3S. The summed E-state index contributed by atoms with van der Waals surface area (Å²) in [7, 11) is 4.70. The number of hydrogen-bond acceptors (Lipinski definition) is 7. The molecule has 6 nitrogen and oxygen atoms in total. The van der Waals surface area contributed by atoms with Crippen LogP contribution >= 0.6 is 11.8 Å². The van der Waals surface area contributed by atoms with Crippen molar-refractivity contribution in [2.75, 3.05) is 33.3 Å². The van der Waals surface area contributed by atoms with Crippen LogP contribution < -0.4 is 19.9 Å². The summed E-state index contributed by atoms with van der Waals surface area (Å²) >= 11 is 1.58. The van der Waals surface area contributed by atoms with E-state index in [0.29, 0.717) is 29.0 Å². The van der Waals surface area contributed by atoms with Gasteiger partial charge in [-0.15, -0.1) is 11.8 Å². The van der Waals surface area contributed by atoms with Gasteiger partial charge in [0.1, 0.15) is 5.75 Å². The summed E-state index contributed by atoms with van der Waals surface area (Å²) < 4.78 is 15.7. The van der Waals surface area contributed by atoms with E-state index in [-0.39, 0.29) is 5.25 Å². The number of rotatable bonds is 6. The van der Waals surface area contributed by atoms with Gasteiger partial charge in [-0.2, -0.15) is 9.97 Å². The van der Waals surface area contributed by atoms with Gasteiger partial charge in [0.15, 0.2) is 5.82 Å². The first-order valence-electron chi connectivity index (χ1n) is 6.56. The maximum atomic E-state index is 6.19. The smallest absolute Gasteiger partial charge is 0.220 e. The Morgan fingerprint density at radius 3 is 2.18 bits per heavy atom. The predicted octanol–water partition coefficient (Wildman–Crippen LogP) is 2.54. The van der Waals surface area contributed by atoms with Gasteiger partial charge >= 0.3 is 0 Å². The highest BCUT2D eigenvalue weighted by molar-refractivity contribution is 7.99. The van der Waals surface area contributed by atoms with Crippen molar-refractivity contribution < 1.29 is 14.2 Å². The van der Waals surface area contributed by atoms with Crippen LogP contribution in [0.3, 0.4) is 0 Å². The fraction of sp³-hybridized carbons (Fsp3) is 0.333. The lowest BCUT2D eigenvalue weighted by Crippen LogP contribution is -2.08. The van der Waals surface area contributed by atoms with E-state index < -0.39 is 0 Å². The normalized spacial score (nSPS) is 11.8. The summed E-state index contributed by atoms with van der Waals surface area (Å²) in [6.45, 7) is 0. The zero-order chi connectivity index (χ0) is 16.1. The number of hydrogen-bond donors (Lipinski definition) is 1. The van der Waals surface area contributed by atoms with Crippen molar-refractivity contribution in [1.29, 1.82) is 0 Å². The van der Waals surface area contributed by atoms with Crippen LogP contribution in [0, 0.1) is 0 Å². The van der Waals surface area contributed by atoms with Gasteiger partial charge in [0.25, 0.3) is 0 Å². The molecule has 0 saturated heterocycles. The number of ether oxygens (including phenoxy) is 3. The van der Waals surface area contributed by atoms with Crippen LogP contribution in [0.15, 0.2) is 24.3 Å². The van der Waals surface area contributed by atoms with E-state index in [1.165, 1.54) is 0 Å². The van der Waals surface area contributed by atoms with Gasteiger partial charge in [-0.3, -0.25) is 0 Å². The van der Waals surface area contributed by atoms with Gasteiger partial charge in [0.05, 0.1) is 38.3 Å². The number of nitrogen functional groups attached to an aromatic ring is 1. The molecule has 0 spiro atoms. The van der Waals surface area contributed by atoms with E-state index in [1.807, 2.05) is 24.5 Å². The lowest BCUT2D eigenvalue weighted by atomic mass is 10.1. The Balaban J connectivity index is 2.53. The molecule has 2 rings (SSSR count). The van der Waals surface area contributed by atoms with Crippen LogP contribution in [-0.4, -0.2) is 37.6 Å². The molecule has 1 aromatic heterocycles. The zero-order valence-electron chi connectivity index (χ0n) is 13.0.